The summed E-state index contributed by atoms with van der Waals surface area (Å²) in [7, 11) is 3.71. The number of carbonyl (C=O) groups is 1. The summed E-state index contributed by atoms with van der Waals surface area (Å²) in [4.78, 5) is 19.2. The van der Waals surface area contributed by atoms with E-state index in [0.717, 1.165) is 48.5 Å². The first-order chi connectivity index (χ1) is 14.2. The number of rotatable bonds is 8. The summed E-state index contributed by atoms with van der Waals surface area (Å²) < 4.78 is 7.37. The number of fused-ring (bicyclic) bond motifs is 1. The van der Waals surface area contributed by atoms with Crippen molar-refractivity contribution in [1.29, 1.82) is 0 Å². The van der Waals surface area contributed by atoms with Gasteiger partial charge in [0.15, 0.2) is 0 Å². The highest BCUT2D eigenvalue weighted by atomic mass is 16.5. The lowest BCUT2D eigenvalue weighted by molar-refractivity contribution is -0.129. The predicted molar refractivity (Wildman–Crippen MR) is 114 cm³/mol. The zero-order chi connectivity index (χ0) is 20.2. The van der Waals surface area contributed by atoms with Gasteiger partial charge < -0.3 is 19.5 Å². The van der Waals surface area contributed by atoms with Crippen molar-refractivity contribution in [2.45, 2.75) is 38.4 Å². The fourth-order valence-electron chi connectivity index (χ4n) is 4.08. The number of ether oxygens (including phenoxy) is 1. The van der Waals surface area contributed by atoms with Crippen LogP contribution >= 0.6 is 0 Å². The molecular formula is C23H28N4O2. The van der Waals surface area contributed by atoms with Gasteiger partial charge in [0.2, 0.25) is 5.91 Å². The van der Waals surface area contributed by atoms with E-state index < -0.39 is 0 Å². The van der Waals surface area contributed by atoms with Gasteiger partial charge in [0.25, 0.3) is 0 Å². The van der Waals surface area contributed by atoms with Crippen LogP contribution < -0.4 is 10.1 Å². The molecule has 6 heteroatoms. The van der Waals surface area contributed by atoms with Gasteiger partial charge in [-0.2, -0.15) is 0 Å². The molecule has 3 aromatic rings. The van der Waals surface area contributed by atoms with E-state index in [4.69, 9.17) is 9.72 Å². The first-order valence-corrected chi connectivity index (χ1v) is 10.2. The van der Waals surface area contributed by atoms with Crippen LogP contribution in [0, 0.1) is 0 Å². The molecule has 0 spiro atoms. The van der Waals surface area contributed by atoms with E-state index in [1.54, 1.807) is 7.11 Å². The number of hydrogen-bond donors (Lipinski definition) is 1. The van der Waals surface area contributed by atoms with E-state index in [9.17, 15) is 4.79 Å². The fourth-order valence-corrected chi connectivity index (χ4v) is 4.08. The number of benzene rings is 2. The second-order valence-corrected chi connectivity index (χ2v) is 7.61. The second kappa shape index (κ2) is 8.66. The lowest BCUT2D eigenvalue weighted by Gasteiger charge is -2.24. The van der Waals surface area contributed by atoms with Crippen molar-refractivity contribution in [1.82, 2.24) is 19.8 Å². The molecule has 0 saturated carbocycles. The lowest BCUT2D eigenvalue weighted by Crippen LogP contribution is -2.35. The quantitative estimate of drug-likeness (QED) is 0.598. The number of nitrogens with zero attached hydrogens (tertiary/aromatic N) is 3. The van der Waals surface area contributed by atoms with Crippen molar-refractivity contribution in [3.05, 3.63) is 59.9 Å². The molecule has 4 rings (SSSR count). The second-order valence-electron chi connectivity index (χ2n) is 7.61. The summed E-state index contributed by atoms with van der Waals surface area (Å²) in [5.74, 6) is 2.05. The van der Waals surface area contributed by atoms with Crippen molar-refractivity contribution in [2.75, 3.05) is 13.7 Å². The standard InChI is InChI=1S/C23H28N4O2/c1-26-21-9-4-3-8-20(21)25-22(26)16-27-18(10-11-23(27)28)12-13-24-15-17-6-5-7-19(14-17)29-2/h3-9,14,18,24H,10-13,15-16H2,1-2H3/t18-/m0/s1. The average Bonchev–Trinajstić information content (AvgIpc) is 3.26. The minimum atomic E-state index is 0.231. The van der Waals surface area contributed by atoms with Gasteiger partial charge in [0.1, 0.15) is 11.6 Å². The molecule has 0 unspecified atom stereocenters. The molecule has 2 aromatic carbocycles. The van der Waals surface area contributed by atoms with Crippen LogP contribution in [0.5, 0.6) is 5.75 Å². The number of imidazole rings is 1. The molecule has 6 nitrogen and oxygen atoms in total. The Morgan fingerprint density at radius 2 is 2.07 bits per heavy atom. The van der Waals surface area contributed by atoms with Gasteiger partial charge in [-0.25, -0.2) is 4.98 Å². The van der Waals surface area contributed by atoms with Gasteiger partial charge >= 0.3 is 0 Å². The Kier molecular flexibility index (Phi) is 5.81. The Morgan fingerprint density at radius 3 is 2.90 bits per heavy atom. The normalized spacial score (nSPS) is 16.7. The summed E-state index contributed by atoms with van der Waals surface area (Å²) in [5.41, 5.74) is 3.28. The summed E-state index contributed by atoms with van der Waals surface area (Å²) in [6.07, 6.45) is 2.49. The summed E-state index contributed by atoms with van der Waals surface area (Å²) >= 11 is 0. The Bertz CT molecular complexity index is 997. The predicted octanol–water partition coefficient (Wildman–Crippen LogP) is 3.25. The summed E-state index contributed by atoms with van der Waals surface area (Å²) in [6, 6.07) is 16.5. The Morgan fingerprint density at radius 1 is 1.21 bits per heavy atom. The van der Waals surface area contributed by atoms with Crippen LogP contribution in [0.1, 0.15) is 30.7 Å². The number of hydrogen-bond acceptors (Lipinski definition) is 4. The summed E-state index contributed by atoms with van der Waals surface area (Å²) in [6.45, 7) is 2.24. The highest BCUT2D eigenvalue weighted by Crippen LogP contribution is 2.25. The van der Waals surface area contributed by atoms with Crippen molar-refractivity contribution < 1.29 is 9.53 Å². The number of aromatic nitrogens is 2. The molecular weight excluding hydrogens is 364 g/mol. The Balaban J connectivity index is 1.34. The smallest absolute Gasteiger partial charge is 0.223 e. The van der Waals surface area contributed by atoms with Crippen molar-refractivity contribution in [3.8, 4) is 5.75 Å². The van der Waals surface area contributed by atoms with Crippen LogP contribution in [0.3, 0.4) is 0 Å². The minimum Gasteiger partial charge on any atom is -0.497 e. The lowest BCUT2D eigenvalue weighted by atomic mass is 10.1. The van der Waals surface area contributed by atoms with Crippen LogP contribution in [-0.2, 0) is 24.9 Å². The van der Waals surface area contributed by atoms with Gasteiger partial charge in [-0.1, -0.05) is 24.3 Å². The molecule has 0 bridgehead atoms. The number of carbonyl (C=O) groups excluding carboxylic acids is 1. The van der Waals surface area contributed by atoms with Gasteiger partial charge in [-0.15, -0.1) is 0 Å². The zero-order valence-corrected chi connectivity index (χ0v) is 17.1. The van der Waals surface area contributed by atoms with Gasteiger partial charge in [0, 0.05) is 26.1 Å². The third kappa shape index (κ3) is 4.27. The maximum Gasteiger partial charge on any atom is 0.223 e. The molecule has 1 atom stereocenters. The van der Waals surface area contributed by atoms with E-state index in [1.165, 1.54) is 5.56 Å². The molecule has 1 N–H and O–H groups in total. The van der Waals surface area contributed by atoms with E-state index in [0.29, 0.717) is 13.0 Å². The van der Waals surface area contributed by atoms with Crippen molar-refractivity contribution in [2.24, 2.45) is 7.05 Å². The first kappa shape index (κ1) is 19.5. The van der Waals surface area contributed by atoms with Gasteiger partial charge in [-0.05, 0) is 49.2 Å². The van der Waals surface area contributed by atoms with E-state index in [1.807, 2.05) is 48.3 Å². The number of aryl methyl sites for hydroxylation is 1. The van der Waals surface area contributed by atoms with Crippen LogP contribution in [0.25, 0.3) is 11.0 Å². The third-order valence-corrected chi connectivity index (χ3v) is 5.76. The van der Waals surface area contributed by atoms with Crippen LogP contribution in [0.15, 0.2) is 48.5 Å². The topological polar surface area (TPSA) is 59.4 Å². The van der Waals surface area contributed by atoms with E-state index in [-0.39, 0.29) is 11.9 Å². The molecule has 1 aliphatic heterocycles. The molecule has 2 heterocycles. The molecule has 1 amide bonds. The molecule has 0 aliphatic carbocycles. The minimum absolute atomic E-state index is 0.231. The molecule has 1 saturated heterocycles. The molecule has 1 aliphatic rings. The highest BCUT2D eigenvalue weighted by Gasteiger charge is 2.31. The Labute approximate surface area is 171 Å². The van der Waals surface area contributed by atoms with Crippen molar-refractivity contribution in [3.63, 3.8) is 0 Å². The highest BCUT2D eigenvalue weighted by molar-refractivity contribution is 5.79. The van der Waals surface area contributed by atoms with Crippen LogP contribution in [-0.4, -0.2) is 40.1 Å². The van der Waals surface area contributed by atoms with Crippen molar-refractivity contribution >= 4 is 16.9 Å². The number of likely N-dealkylation sites (tertiary alicyclic amines) is 1. The van der Waals surface area contributed by atoms with Crippen LogP contribution in [0.2, 0.25) is 0 Å². The maximum absolute atomic E-state index is 12.5. The molecule has 0 radical (unpaired) electrons. The summed E-state index contributed by atoms with van der Waals surface area (Å²) in [5, 5.41) is 3.50. The zero-order valence-electron chi connectivity index (χ0n) is 17.1. The largest absolute Gasteiger partial charge is 0.497 e. The SMILES string of the molecule is COc1cccc(CNCC[C@@H]2CCC(=O)N2Cc2nc3ccccc3n2C)c1. The maximum atomic E-state index is 12.5. The number of methoxy groups -OCH3 is 1. The fraction of sp³-hybridized carbons (Fsp3) is 0.391. The monoisotopic (exact) mass is 392 g/mol. The van der Waals surface area contributed by atoms with E-state index in [2.05, 4.69) is 22.0 Å². The molecule has 1 fully saturated rings. The molecule has 152 valence electrons. The number of para-hydroxylation sites is 2. The Hall–Kier alpha value is -2.86. The first-order valence-electron chi connectivity index (χ1n) is 10.2. The molecule has 1 aromatic heterocycles. The van der Waals surface area contributed by atoms with Gasteiger partial charge in [-0.3, -0.25) is 4.79 Å². The third-order valence-electron chi connectivity index (χ3n) is 5.76. The number of amides is 1. The average molecular weight is 393 g/mol. The van der Waals surface area contributed by atoms with Gasteiger partial charge in [0.05, 0.1) is 24.7 Å². The van der Waals surface area contributed by atoms with Crippen LogP contribution in [0.4, 0.5) is 0 Å². The van der Waals surface area contributed by atoms with E-state index >= 15 is 0 Å². The molecule has 29 heavy (non-hydrogen) atoms. The number of nitrogens with one attached hydrogen (secondary N) is 1.